The summed E-state index contributed by atoms with van der Waals surface area (Å²) in [6, 6.07) is 0.570. The number of hydrogen-bond acceptors (Lipinski definition) is 4. The van der Waals surface area contributed by atoms with Gasteiger partial charge < -0.3 is 15.2 Å². The van der Waals surface area contributed by atoms with Gasteiger partial charge >= 0.3 is 0 Å². The third kappa shape index (κ3) is 3.73. The molecule has 0 radical (unpaired) electrons. The summed E-state index contributed by atoms with van der Waals surface area (Å²) in [5.41, 5.74) is -0.126. The monoisotopic (exact) mass is 284 g/mol. The van der Waals surface area contributed by atoms with Gasteiger partial charge in [0.1, 0.15) is 0 Å². The molecule has 0 aromatic rings. The van der Waals surface area contributed by atoms with E-state index in [9.17, 15) is 5.11 Å². The highest BCUT2D eigenvalue weighted by molar-refractivity contribution is 4.98. The Kier molecular flexibility index (Phi) is 5.11. The van der Waals surface area contributed by atoms with Crippen LogP contribution in [0.1, 0.15) is 53.4 Å². The van der Waals surface area contributed by atoms with Crippen molar-refractivity contribution >= 4 is 0 Å². The van der Waals surface area contributed by atoms with Crippen LogP contribution >= 0.6 is 0 Å². The molecule has 1 aliphatic heterocycles. The number of aliphatic hydroxyl groups excluding tert-OH is 1. The summed E-state index contributed by atoms with van der Waals surface area (Å²) < 4.78 is 6.01. The topological polar surface area (TPSA) is 44.7 Å². The first-order chi connectivity index (χ1) is 9.40. The predicted octanol–water partition coefficient (Wildman–Crippen LogP) is 1.77. The number of nitrogens with one attached hydrogen (secondary N) is 1. The van der Waals surface area contributed by atoms with E-state index in [0.717, 1.165) is 32.5 Å². The Morgan fingerprint density at radius 1 is 1.40 bits per heavy atom. The van der Waals surface area contributed by atoms with E-state index in [0.29, 0.717) is 12.1 Å². The zero-order valence-corrected chi connectivity index (χ0v) is 13.6. The maximum absolute atomic E-state index is 9.84. The lowest BCUT2D eigenvalue weighted by Crippen LogP contribution is -2.60. The van der Waals surface area contributed by atoms with E-state index < -0.39 is 0 Å². The van der Waals surface area contributed by atoms with Crippen LogP contribution in [0.4, 0.5) is 0 Å². The summed E-state index contributed by atoms with van der Waals surface area (Å²) in [6.45, 7) is 11.8. The quantitative estimate of drug-likeness (QED) is 0.826. The van der Waals surface area contributed by atoms with Gasteiger partial charge in [0.15, 0.2) is 0 Å². The second-order valence-corrected chi connectivity index (χ2v) is 7.34. The second-order valence-electron chi connectivity index (χ2n) is 7.34. The lowest BCUT2D eigenvalue weighted by atomic mass is 9.78. The first-order valence-electron chi connectivity index (χ1n) is 8.17. The first kappa shape index (κ1) is 16.2. The molecular formula is C16H32N2O2. The van der Waals surface area contributed by atoms with E-state index in [4.69, 9.17) is 4.74 Å². The first-order valence-corrected chi connectivity index (χ1v) is 8.17. The van der Waals surface area contributed by atoms with Gasteiger partial charge in [-0.1, -0.05) is 6.92 Å². The summed E-state index contributed by atoms with van der Waals surface area (Å²) in [4.78, 5) is 2.59. The van der Waals surface area contributed by atoms with E-state index >= 15 is 0 Å². The standard InChI is InChI=1S/C16H32N2O2/c1-5-17-16(12-19)8-6-7-14(9-16)18-10-13(2)20-15(3,4)11-18/h13-14,17,19H,5-12H2,1-4H3. The van der Waals surface area contributed by atoms with Crippen LogP contribution in [0.25, 0.3) is 0 Å². The van der Waals surface area contributed by atoms with Crippen molar-refractivity contribution in [3.05, 3.63) is 0 Å². The smallest absolute Gasteiger partial charge is 0.0757 e. The van der Waals surface area contributed by atoms with Crippen molar-refractivity contribution in [1.82, 2.24) is 10.2 Å². The van der Waals surface area contributed by atoms with E-state index in [1.807, 2.05) is 0 Å². The van der Waals surface area contributed by atoms with Crippen LogP contribution < -0.4 is 5.32 Å². The predicted molar refractivity (Wildman–Crippen MR) is 81.9 cm³/mol. The number of rotatable bonds is 4. The van der Waals surface area contributed by atoms with E-state index in [2.05, 4.69) is 37.9 Å². The summed E-state index contributed by atoms with van der Waals surface area (Å²) in [5, 5.41) is 13.4. The number of nitrogens with zero attached hydrogens (tertiary/aromatic N) is 1. The van der Waals surface area contributed by atoms with Gasteiger partial charge in [0, 0.05) is 24.7 Å². The number of hydrogen-bond donors (Lipinski definition) is 2. The molecular weight excluding hydrogens is 252 g/mol. The van der Waals surface area contributed by atoms with Crippen LogP contribution in [0, 0.1) is 0 Å². The van der Waals surface area contributed by atoms with Gasteiger partial charge in [-0.25, -0.2) is 0 Å². The minimum atomic E-state index is -0.0661. The maximum atomic E-state index is 9.84. The molecule has 2 fully saturated rings. The Morgan fingerprint density at radius 2 is 2.15 bits per heavy atom. The molecule has 1 heterocycles. The molecule has 4 heteroatoms. The molecule has 1 aliphatic carbocycles. The summed E-state index contributed by atoms with van der Waals surface area (Å²) in [5.74, 6) is 0. The van der Waals surface area contributed by atoms with Crippen molar-refractivity contribution in [2.45, 2.75) is 76.7 Å². The highest BCUT2D eigenvalue weighted by Gasteiger charge is 2.41. The minimum Gasteiger partial charge on any atom is -0.394 e. The molecule has 2 N–H and O–H groups in total. The van der Waals surface area contributed by atoms with Gasteiger partial charge in [-0.15, -0.1) is 0 Å². The maximum Gasteiger partial charge on any atom is 0.0757 e. The molecule has 1 saturated carbocycles. The molecule has 2 rings (SSSR count). The summed E-state index contributed by atoms with van der Waals surface area (Å²) >= 11 is 0. The Balaban J connectivity index is 2.04. The van der Waals surface area contributed by atoms with Crippen LogP contribution in [0.15, 0.2) is 0 Å². The molecule has 0 aromatic carbocycles. The van der Waals surface area contributed by atoms with Gasteiger partial charge in [0.05, 0.1) is 18.3 Å². The molecule has 1 saturated heterocycles. The molecule has 0 amide bonds. The van der Waals surface area contributed by atoms with Crippen LogP contribution in [-0.4, -0.2) is 59.5 Å². The largest absolute Gasteiger partial charge is 0.394 e. The number of morpholine rings is 1. The number of likely N-dealkylation sites (N-methyl/N-ethyl adjacent to an activating group) is 1. The third-order valence-corrected chi connectivity index (χ3v) is 4.79. The summed E-state index contributed by atoms with van der Waals surface area (Å²) in [6.07, 6.45) is 4.89. The van der Waals surface area contributed by atoms with Crippen LogP contribution in [0.3, 0.4) is 0 Å². The van der Waals surface area contributed by atoms with Crippen LogP contribution in [0.2, 0.25) is 0 Å². The molecule has 0 aromatic heterocycles. The Morgan fingerprint density at radius 3 is 2.75 bits per heavy atom. The Hall–Kier alpha value is -0.160. The van der Waals surface area contributed by atoms with E-state index in [1.54, 1.807) is 0 Å². The van der Waals surface area contributed by atoms with Gasteiger partial charge in [0.25, 0.3) is 0 Å². The highest BCUT2D eigenvalue weighted by Crippen LogP contribution is 2.33. The Labute approximate surface area is 123 Å². The minimum absolute atomic E-state index is 0.0603. The molecule has 20 heavy (non-hydrogen) atoms. The molecule has 2 aliphatic rings. The van der Waals surface area contributed by atoms with Crippen LogP contribution in [0.5, 0.6) is 0 Å². The van der Waals surface area contributed by atoms with E-state index in [1.165, 1.54) is 12.8 Å². The van der Waals surface area contributed by atoms with Crippen molar-refractivity contribution in [2.75, 3.05) is 26.2 Å². The van der Waals surface area contributed by atoms with Crippen LogP contribution in [-0.2, 0) is 4.74 Å². The van der Waals surface area contributed by atoms with Gasteiger partial charge in [-0.2, -0.15) is 0 Å². The molecule has 4 nitrogen and oxygen atoms in total. The fourth-order valence-corrected chi connectivity index (χ4v) is 4.16. The zero-order valence-electron chi connectivity index (χ0n) is 13.6. The third-order valence-electron chi connectivity index (χ3n) is 4.79. The molecule has 3 unspecified atom stereocenters. The van der Waals surface area contributed by atoms with Crippen molar-refractivity contribution in [1.29, 1.82) is 0 Å². The van der Waals surface area contributed by atoms with Gasteiger partial charge in [0.2, 0.25) is 0 Å². The average Bonchev–Trinajstić information content (AvgIpc) is 2.37. The summed E-state index contributed by atoms with van der Waals surface area (Å²) in [7, 11) is 0. The van der Waals surface area contributed by atoms with E-state index in [-0.39, 0.29) is 17.7 Å². The second kappa shape index (κ2) is 6.30. The van der Waals surface area contributed by atoms with Gasteiger partial charge in [-0.05, 0) is 53.0 Å². The average molecular weight is 284 g/mol. The SMILES string of the molecule is CCNC1(CO)CCCC(N2CC(C)OC(C)(C)C2)C1. The molecule has 0 bridgehead atoms. The normalized spacial score (nSPS) is 38.9. The van der Waals surface area contributed by atoms with Crippen molar-refractivity contribution in [2.24, 2.45) is 0 Å². The van der Waals surface area contributed by atoms with Crippen molar-refractivity contribution in [3.63, 3.8) is 0 Å². The van der Waals surface area contributed by atoms with Gasteiger partial charge in [-0.3, -0.25) is 4.90 Å². The van der Waals surface area contributed by atoms with Crippen molar-refractivity contribution in [3.8, 4) is 0 Å². The lowest BCUT2D eigenvalue weighted by Gasteiger charge is -2.49. The number of ether oxygens (including phenoxy) is 1. The molecule has 118 valence electrons. The Bertz CT molecular complexity index is 318. The fourth-order valence-electron chi connectivity index (χ4n) is 4.16. The lowest BCUT2D eigenvalue weighted by molar-refractivity contribution is -0.143. The molecule has 0 spiro atoms. The zero-order chi connectivity index (χ0) is 14.8. The van der Waals surface area contributed by atoms with Crippen molar-refractivity contribution < 1.29 is 9.84 Å². The molecule has 3 atom stereocenters. The fraction of sp³-hybridized carbons (Fsp3) is 1.00. The highest BCUT2D eigenvalue weighted by atomic mass is 16.5. The number of aliphatic hydroxyl groups is 1.